The maximum Gasteiger partial charge on any atom is 0.182 e. The molecule has 0 aliphatic heterocycles. The first-order chi connectivity index (χ1) is 15.5. The number of anilines is 1. The number of pyridine rings is 1. The molecular formula is C26H28N4O2. The zero-order valence-corrected chi connectivity index (χ0v) is 18.6. The monoisotopic (exact) mass is 428 g/mol. The molecule has 2 aromatic heterocycles. The first-order valence-corrected chi connectivity index (χ1v) is 10.6. The maximum absolute atomic E-state index is 12.2. The van der Waals surface area contributed by atoms with Crippen molar-refractivity contribution >= 4 is 23.8 Å². The fourth-order valence-electron chi connectivity index (χ4n) is 3.24. The Balaban J connectivity index is 1.63. The van der Waals surface area contributed by atoms with E-state index >= 15 is 0 Å². The summed E-state index contributed by atoms with van der Waals surface area (Å²) in [6.45, 7) is 7.91. The second-order valence-electron chi connectivity index (χ2n) is 7.19. The third-order valence-corrected chi connectivity index (χ3v) is 5.07. The summed E-state index contributed by atoms with van der Waals surface area (Å²) < 4.78 is 1.82. The fraction of sp³-hybridized carbons (Fsp3) is 0.192. The van der Waals surface area contributed by atoms with E-state index in [0.29, 0.717) is 0 Å². The molecule has 2 heterocycles. The van der Waals surface area contributed by atoms with Crippen LogP contribution < -0.4 is 4.90 Å². The molecule has 164 valence electrons. The van der Waals surface area contributed by atoms with Crippen molar-refractivity contribution in [3.63, 3.8) is 0 Å². The van der Waals surface area contributed by atoms with E-state index in [9.17, 15) is 9.90 Å². The van der Waals surface area contributed by atoms with Crippen LogP contribution in [0.3, 0.4) is 0 Å². The molecule has 0 atom stereocenters. The number of ketones is 1. The van der Waals surface area contributed by atoms with Gasteiger partial charge in [-0.05, 0) is 74.9 Å². The Morgan fingerprint density at radius 3 is 2.44 bits per heavy atom. The molecule has 0 bridgehead atoms. The van der Waals surface area contributed by atoms with Gasteiger partial charge in [-0.15, -0.1) is 0 Å². The van der Waals surface area contributed by atoms with Crippen molar-refractivity contribution in [2.75, 3.05) is 18.0 Å². The van der Waals surface area contributed by atoms with Crippen molar-refractivity contribution in [1.82, 2.24) is 14.8 Å². The lowest BCUT2D eigenvalue weighted by Gasteiger charge is -2.19. The summed E-state index contributed by atoms with van der Waals surface area (Å²) in [5.41, 5.74) is 3.56. The van der Waals surface area contributed by atoms with Crippen molar-refractivity contribution in [3.8, 4) is 5.69 Å². The number of carbonyl (C=O) groups excluding carboxylic acids is 1. The first kappa shape index (κ1) is 22.7. The molecule has 3 rings (SSSR count). The van der Waals surface area contributed by atoms with Crippen LogP contribution in [0.25, 0.3) is 17.8 Å². The number of aliphatic hydroxyl groups excluding tert-OH is 1. The molecule has 1 aromatic carbocycles. The zero-order valence-electron chi connectivity index (χ0n) is 18.6. The van der Waals surface area contributed by atoms with Gasteiger partial charge >= 0.3 is 0 Å². The third-order valence-electron chi connectivity index (χ3n) is 5.07. The number of para-hydroxylation sites is 1. The van der Waals surface area contributed by atoms with Crippen LogP contribution in [-0.2, 0) is 4.79 Å². The van der Waals surface area contributed by atoms with E-state index in [1.807, 2.05) is 54.1 Å². The molecule has 0 aliphatic carbocycles. The lowest BCUT2D eigenvalue weighted by Crippen LogP contribution is -2.22. The highest BCUT2D eigenvalue weighted by atomic mass is 16.3. The Kier molecular flexibility index (Phi) is 7.75. The molecule has 32 heavy (non-hydrogen) atoms. The van der Waals surface area contributed by atoms with Gasteiger partial charge in [-0.3, -0.25) is 4.79 Å². The highest BCUT2D eigenvalue weighted by Gasteiger charge is 2.06. The van der Waals surface area contributed by atoms with Crippen LogP contribution in [0, 0.1) is 6.92 Å². The molecule has 0 spiro atoms. The van der Waals surface area contributed by atoms with Crippen LogP contribution in [0.5, 0.6) is 0 Å². The number of carbonyl (C=O) groups is 1. The topological polar surface area (TPSA) is 71.2 Å². The fourth-order valence-corrected chi connectivity index (χ4v) is 3.24. The molecule has 3 aromatic rings. The number of aliphatic hydroxyl groups is 1. The van der Waals surface area contributed by atoms with Gasteiger partial charge in [-0.25, -0.2) is 9.67 Å². The standard InChI is InChI=1S/C26H28N4O2/c1-4-29(5-2)26-16-12-21(18-27-26)11-14-24(31)17-25(32)15-13-22-19-28-30(20(22)3)23-9-7-6-8-10-23/h6-19,31H,4-5H2,1-3H3/b14-11+,15-13+,24-17?. The first-order valence-electron chi connectivity index (χ1n) is 10.6. The minimum absolute atomic E-state index is 0.121. The van der Waals surface area contributed by atoms with E-state index in [1.54, 1.807) is 24.5 Å². The van der Waals surface area contributed by atoms with E-state index in [2.05, 4.69) is 28.8 Å². The van der Waals surface area contributed by atoms with Crippen LogP contribution in [0.2, 0.25) is 0 Å². The van der Waals surface area contributed by atoms with Gasteiger partial charge in [0.05, 0.1) is 11.9 Å². The number of aromatic nitrogens is 3. The molecule has 0 fully saturated rings. The molecule has 0 radical (unpaired) electrons. The third kappa shape index (κ3) is 5.82. The smallest absolute Gasteiger partial charge is 0.182 e. The summed E-state index contributed by atoms with van der Waals surface area (Å²) in [5, 5.41) is 14.5. The van der Waals surface area contributed by atoms with E-state index in [1.165, 1.54) is 18.2 Å². The van der Waals surface area contributed by atoms with Crippen LogP contribution in [0.4, 0.5) is 5.82 Å². The van der Waals surface area contributed by atoms with Crippen molar-refractivity contribution in [3.05, 3.63) is 95.7 Å². The van der Waals surface area contributed by atoms with E-state index < -0.39 is 0 Å². The van der Waals surface area contributed by atoms with Gasteiger partial charge in [-0.1, -0.05) is 18.2 Å². The predicted octanol–water partition coefficient (Wildman–Crippen LogP) is 5.16. The van der Waals surface area contributed by atoms with E-state index in [4.69, 9.17) is 0 Å². The van der Waals surface area contributed by atoms with E-state index in [0.717, 1.165) is 41.4 Å². The largest absolute Gasteiger partial charge is 0.508 e. The van der Waals surface area contributed by atoms with Crippen molar-refractivity contribution in [2.24, 2.45) is 0 Å². The minimum Gasteiger partial charge on any atom is -0.508 e. The van der Waals surface area contributed by atoms with Gasteiger partial charge in [-0.2, -0.15) is 5.10 Å². The van der Waals surface area contributed by atoms with E-state index in [-0.39, 0.29) is 11.5 Å². The Labute approximate surface area is 188 Å². The average Bonchev–Trinajstić information content (AvgIpc) is 3.18. The number of allylic oxidation sites excluding steroid dienone is 3. The molecule has 0 unspecified atom stereocenters. The lowest BCUT2D eigenvalue weighted by atomic mass is 10.2. The van der Waals surface area contributed by atoms with Gasteiger partial charge in [0, 0.05) is 36.6 Å². The Morgan fingerprint density at radius 1 is 1.03 bits per heavy atom. The average molecular weight is 429 g/mol. The molecule has 6 heteroatoms. The molecule has 0 amide bonds. The number of benzene rings is 1. The Hall–Kier alpha value is -3.93. The summed E-state index contributed by atoms with van der Waals surface area (Å²) in [5.74, 6) is 0.483. The van der Waals surface area contributed by atoms with Gasteiger partial charge in [0.25, 0.3) is 0 Å². The summed E-state index contributed by atoms with van der Waals surface area (Å²) in [6, 6.07) is 13.7. The van der Waals surface area contributed by atoms with Gasteiger partial charge in [0.15, 0.2) is 5.78 Å². The SMILES string of the molecule is CCN(CC)c1ccc(/C=C/C(O)=CC(=O)/C=C/c2cnn(-c3ccccc3)c2C)cn1. The zero-order chi connectivity index (χ0) is 22.9. The maximum atomic E-state index is 12.2. The summed E-state index contributed by atoms with van der Waals surface area (Å²) >= 11 is 0. The van der Waals surface area contributed by atoms with Gasteiger partial charge in [0.1, 0.15) is 11.6 Å². The lowest BCUT2D eigenvalue weighted by molar-refractivity contribution is -0.110. The van der Waals surface area contributed by atoms with Crippen molar-refractivity contribution in [2.45, 2.75) is 20.8 Å². The summed E-state index contributed by atoms with van der Waals surface area (Å²) in [7, 11) is 0. The molecule has 0 aliphatic rings. The minimum atomic E-state index is -0.311. The van der Waals surface area contributed by atoms with Crippen LogP contribution >= 0.6 is 0 Å². The molecule has 0 saturated heterocycles. The predicted molar refractivity (Wildman–Crippen MR) is 130 cm³/mol. The second kappa shape index (κ2) is 10.9. The Bertz CT molecular complexity index is 1120. The molecule has 6 nitrogen and oxygen atoms in total. The number of nitrogens with zero attached hydrogens (tertiary/aromatic N) is 4. The van der Waals surface area contributed by atoms with Crippen LogP contribution in [0.15, 0.2) is 78.8 Å². The quantitative estimate of drug-likeness (QED) is 0.290. The van der Waals surface area contributed by atoms with Crippen LogP contribution in [0.1, 0.15) is 30.7 Å². The van der Waals surface area contributed by atoms with Crippen molar-refractivity contribution in [1.29, 1.82) is 0 Å². The summed E-state index contributed by atoms with van der Waals surface area (Å²) in [4.78, 5) is 18.8. The Morgan fingerprint density at radius 2 is 1.78 bits per heavy atom. The highest BCUT2D eigenvalue weighted by molar-refractivity contribution is 6.02. The second-order valence-corrected chi connectivity index (χ2v) is 7.19. The number of hydrogen-bond donors (Lipinski definition) is 1. The van der Waals surface area contributed by atoms with Gasteiger partial charge in [0.2, 0.25) is 0 Å². The number of rotatable bonds is 9. The molecule has 0 saturated carbocycles. The highest BCUT2D eigenvalue weighted by Crippen LogP contribution is 2.15. The normalized spacial score (nSPS) is 12.0. The van der Waals surface area contributed by atoms with Crippen LogP contribution in [-0.4, -0.2) is 38.7 Å². The molecular weight excluding hydrogens is 400 g/mol. The van der Waals surface area contributed by atoms with Crippen molar-refractivity contribution < 1.29 is 9.90 Å². The molecule has 1 N–H and O–H groups in total. The summed E-state index contributed by atoms with van der Waals surface area (Å²) in [6.07, 6.45) is 11.0. The number of hydrogen-bond acceptors (Lipinski definition) is 5. The van der Waals surface area contributed by atoms with Gasteiger partial charge < -0.3 is 10.0 Å².